The maximum absolute atomic E-state index is 8.74. The van der Waals surface area contributed by atoms with E-state index < -0.39 is 0 Å². The fourth-order valence-electron chi connectivity index (χ4n) is 1.89. The van der Waals surface area contributed by atoms with Crippen molar-refractivity contribution in [3.05, 3.63) is 63.6 Å². The van der Waals surface area contributed by atoms with E-state index >= 15 is 0 Å². The number of hydrogen-bond donors (Lipinski definition) is 2. The fourth-order valence-corrected chi connectivity index (χ4v) is 2.54. The number of ether oxygens (including phenoxy) is 1. The van der Waals surface area contributed by atoms with Gasteiger partial charge in [0.15, 0.2) is 5.75 Å². The first-order valence-electron chi connectivity index (χ1n) is 6.67. The Morgan fingerprint density at radius 2 is 1.64 bits per heavy atom. The zero-order valence-electron chi connectivity index (χ0n) is 11.9. The Bertz CT molecular complexity index is 556. The lowest BCUT2D eigenvalue weighted by Crippen LogP contribution is -2.17. The molecule has 2 aromatic rings. The number of halogens is 3. The number of aliphatic hydroxyl groups is 1. The zero-order valence-corrected chi connectivity index (χ0v) is 14.2. The molecule has 0 bridgehead atoms. The third-order valence-electron chi connectivity index (χ3n) is 2.90. The summed E-state index contributed by atoms with van der Waals surface area (Å²) in [6, 6.07) is 13.5. The van der Waals surface area contributed by atoms with E-state index in [2.05, 4.69) is 5.32 Å². The predicted octanol–water partition coefficient (Wildman–Crippen LogP) is 4.08. The molecule has 0 aliphatic carbocycles. The molecule has 0 aliphatic rings. The van der Waals surface area contributed by atoms with Crippen LogP contribution in [-0.2, 0) is 13.2 Å². The van der Waals surface area contributed by atoms with E-state index in [0.29, 0.717) is 35.5 Å². The zero-order chi connectivity index (χ0) is 15.1. The molecule has 3 nitrogen and oxygen atoms in total. The summed E-state index contributed by atoms with van der Waals surface area (Å²) in [7, 11) is 0. The highest BCUT2D eigenvalue weighted by atomic mass is 35.5. The Morgan fingerprint density at radius 1 is 1.00 bits per heavy atom. The monoisotopic (exact) mass is 361 g/mol. The van der Waals surface area contributed by atoms with E-state index in [4.69, 9.17) is 33.0 Å². The van der Waals surface area contributed by atoms with Gasteiger partial charge < -0.3 is 15.2 Å². The molecule has 0 spiro atoms. The summed E-state index contributed by atoms with van der Waals surface area (Å²) in [6.45, 7) is 1.64. The Balaban J connectivity index is 0.00000242. The van der Waals surface area contributed by atoms with Gasteiger partial charge in [-0.15, -0.1) is 12.4 Å². The smallest absolute Gasteiger partial charge is 0.156 e. The van der Waals surface area contributed by atoms with Crippen molar-refractivity contribution in [2.24, 2.45) is 0 Å². The summed E-state index contributed by atoms with van der Waals surface area (Å²) < 4.78 is 5.71. The van der Waals surface area contributed by atoms with Crippen LogP contribution in [0.3, 0.4) is 0 Å². The van der Waals surface area contributed by atoms with Gasteiger partial charge in [-0.3, -0.25) is 0 Å². The maximum atomic E-state index is 8.74. The maximum Gasteiger partial charge on any atom is 0.156 e. The summed E-state index contributed by atoms with van der Waals surface area (Å²) in [5, 5.41) is 12.8. The molecule has 0 saturated heterocycles. The predicted molar refractivity (Wildman–Crippen MR) is 93.3 cm³/mol. The van der Waals surface area contributed by atoms with E-state index in [0.717, 1.165) is 11.1 Å². The number of aliphatic hydroxyl groups excluding tert-OH is 1. The van der Waals surface area contributed by atoms with Crippen molar-refractivity contribution >= 4 is 35.6 Å². The van der Waals surface area contributed by atoms with Gasteiger partial charge in [0.25, 0.3) is 0 Å². The standard InChI is InChI=1S/C16H17Cl2NO2.ClH/c17-14-8-13(10-19-6-7-20)9-15(18)16(14)21-11-12-4-2-1-3-5-12;/h1-5,8-9,19-20H,6-7,10-11H2;1H. The van der Waals surface area contributed by atoms with Crippen molar-refractivity contribution in [3.8, 4) is 5.75 Å². The third-order valence-corrected chi connectivity index (χ3v) is 3.46. The molecule has 0 fully saturated rings. The number of benzene rings is 2. The second-order valence-electron chi connectivity index (χ2n) is 4.56. The molecule has 0 unspecified atom stereocenters. The molecule has 22 heavy (non-hydrogen) atoms. The molecule has 120 valence electrons. The molecule has 2 aromatic carbocycles. The highest BCUT2D eigenvalue weighted by molar-refractivity contribution is 6.37. The van der Waals surface area contributed by atoms with E-state index in [9.17, 15) is 0 Å². The highest BCUT2D eigenvalue weighted by Gasteiger charge is 2.10. The summed E-state index contributed by atoms with van der Waals surface area (Å²) >= 11 is 12.5. The lowest BCUT2D eigenvalue weighted by molar-refractivity contribution is 0.292. The first-order chi connectivity index (χ1) is 10.2. The SMILES string of the molecule is Cl.OCCNCc1cc(Cl)c(OCc2ccccc2)c(Cl)c1. The molecule has 2 rings (SSSR count). The molecule has 6 heteroatoms. The van der Waals surface area contributed by atoms with Gasteiger partial charge in [-0.05, 0) is 23.3 Å². The summed E-state index contributed by atoms with van der Waals surface area (Å²) in [4.78, 5) is 0. The molecule has 0 aromatic heterocycles. The normalized spacial score (nSPS) is 10.1. The van der Waals surface area contributed by atoms with Crippen molar-refractivity contribution < 1.29 is 9.84 Å². The minimum atomic E-state index is 0. The number of nitrogens with one attached hydrogen (secondary N) is 1. The molecular formula is C16H18Cl3NO2. The molecular weight excluding hydrogens is 345 g/mol. The van der Waals surface area contributed by atoms with Gasteiger partial charge in [-0.2, -0.15) is 0 Å². The molecule has 0 atom stereocenters. The topological polar surface area (TPSA) is 41.5 Å². The second kappa shape index (κ2) is 9.93. The molecule has 0 heterocycles. The van der Waals surface area contributed by atoms with Crippen LogP contribution in [0.5, 0.6) is 5.75 Å². The van der Waals surface area contributed by atoms with Crippen molar-refractivity contribution in [1.82, 2.24) is 5.32 Å². The van der Waals surface area contributed by atoms with E-state index in [1.54, 1.807) is 0 Å². The Morgan fingerprint density at radius 3 is 2.23 bits per heavy atom. The average molecular weight is 363 g/mol. The van der Waals surface area contributed by atoms with Crippen LogP contribution in [0.25, 0.3) is 0 Å². The second-order valence-corrected chi connectivity index (χ2v) is 5.38. The minimum absolute atomic E-state index is 0. The quantitative estimate of drug-likeness (QED) is 0.729. The van der Waals surface area contributed by atoms with Gasteiger partial charge in [-0.25, -0.2) is 0 Å². The summed E-state index contributed by atoms with van der Waals surface area (Å²) in [6.07, 6.45) is 0. The summed E-state index contributed by atoms with van der Waals surface area (Å²) in [5.74, 6) is 0.494. The van der Waals surface area contributed by atoms with E-state index in [1.165, 1.54) is 0 Å². The fraction of sp³-hybridized carbons (Fsp3) is 0.250. The van der Waals surface area contributed by atoms with Crippen LogP contribution in [0.15, 0.2) is 42.5 Å². The first kappa shape index (κ1) is 19.1. The lowest BCUT2D eigenvalue weighted by Gasteiger charge is -2.12. The molecule has 0 amide bonds. The van der Waals surface area contributed by atoms with Crippen molar-refractivity contribution in [2.75, 3.05) is 13.2 Å². The Kier molecular flexibility index (Phi) is 8.61. The van der Waals surface area contributed by atoms with Gasteiger partial charge in [0.1, 0.15) is 6.61 Å². The van der Waals surface area contributed by atoms with Gasteiger partial charge in [0.2, 0.25) is 0 Å². The van der Waals surface area contributed by atoms with Gasteiger partial charge in [-0.1, -0.05) is 53.5 Å². The highest BCUT2D eigenvalue weighted by Crippen LogP contribution is 2.34. The average Bonchev–Trinajstić information content (AvgIpc) is 2.48. The van der Waals surface area contributed by atoms with Gasteiger partial charge in [0.05, 0.1) is 16.7 Å². The van der Waals surface area contributed by atoms with Crippen LogP contribution in [0, 0.1) is 0 Å². The van der Waals surface area contributed by atoms with Crippen LogP contribution in [0.2, 0.25) is 10.0 Å². The molecule has 0 radical (unpaired) electrons. The Hall–Kier alpha value is -0.970. The molecule has 0 saturated carbocycles. The first-order valence-corrected chi connectivity index (χ1v) is 7.42. The molecule has 0 aliphatic heterocycles. The third kappa shape index (κ3) is 5.67. The van der Waals surface area contributed by atoms with Crippen molar-refractivity contribution in [2.45, 2.75) is 13.2 Å². The van der Waals surface area contributed by atoms with Gasteiger partial charge in [0, 0.05) is 13.1 Å². The largest absolute Gasteiger partial charge is 0.486 e. The Labute approximate surface area is 146 Å². The number of hydrogen-bond acceptors (Lipinski definition) is 3. The van der Waals surface area contributed by atoms with Crippen LogP contribution in [-0.4, -0.2) is 18.3 Å². The molecule has 2 N–H and O–H groups in total. The van der Waals surface area contributed by atoms with E-state index in [1.807, 2.05) is 42.5 Å². The van der Waals surface area contributed by atoms with Crippen molar-refractivity contribution in [1.29, 1.82) is 0 Å². The van der Waals surface area contributed by atoms with Crippen LogP contribution < -0.4 is 10.1 Å². The van der Waals surface area contributed by atoms with E-state index in [-0.39, 0.29) is 19.0 Å². The van der Waals surface area contributed by atoms with Crippen LogP contribution >= 0.6 is 35.6 Å². The number of rotatable bonds is 7. The van der Waals surface area contributed by atoms with Crippen LogP contribution in [0.1, 0.15) is 11.1 Å². The van der Waals surface area contributed by atoms with Gasteiger partial charge >= 0.3 is 0 Å². The lowest BCUT2D eigenvalue weighted by atomic mass is 10.2. The van der Waals surface area contributed by atoms with Crippen LogP contribution in [0.4, 0.5) is 0 Å². The minimum Gasteiger partial charge on any atom is -0.486 e. The summed E-state index contributed by atoms with van der Waals surface area (Å²) in [5.41, 5.74) is 2.00. The van der Waals surface area contributed by atoms with Crippen molar-refractivity contribution in [3.63, 3.8) is 0 Å².